The van der Waals surface area contributed by atoms with E-state index in [2.05, 4.69) is 11.9 Å². The Morgan fingerprint density at radius 1 is 1.12 bits per heavy atom. The van der Waals surface area contributed by atoms with Crippen LogP contribution in [0.4, 0.5) is 0 Å². The maximum absolute atomic E-state index is 12.4. The third-order valence-corrected chi connectivity index (χ3v) is 6.12. The molecule has 0 spiro atoms. The summed E-state index contributed by atoms with van der Waals surface area (Å²) in [5.41, 5.74) is 0.718. The Bertz CT molecular complexity index is 807. The second kappa shape index (κ2) is 7.83. The van der Waals surface area contributed by atoms with Crippen molar-refractivity contribution in [1.82, 2.24) is 4.90 Å². The van der Waals surface area contributed by atoms with Gasteiger partial charge in [-0.2, -0.15) is 0 Å². The second-order valence-electron chi connectivity index (χ2n) is 7.92. The average molecular weight is 355 g/mol. The number of piperidine rings is 1. The summed E-state index contributed by atoms with van der Waals surface area (Å²) in [4.78, 5) is 14.9. The van der Waals surface area contributed by atoms with E-state index in [-0.39, 0.29) is 5.43 Å². The largest absolute Gasteiger partial charge is 0.493 e. The lowest BCUT2D eigenvalue weighted by Crippen LogP contribution is -2.37. The maximum Gasteiger partial charge on any atom is 0.192 e. The van der Waals surface area contributed by atoms with Gasteiger partial charge in [0.1, 0.15) is 17.1 Å². The quantitative estimate of drug-likeness (QED) is 0.779. The van der Waals surface area contributed by atoms with Gasteiger partial charge in [0.25, 0.3) is 0 Å². The minimum atomic E-state index is 0.0588. The van der Waals surface area contributed by atoms with Crippen molar-refractivity contribution in [2.24, 2.45) is 0 Å². The van der Waals surface area contributed by atoms with E-state index in [0.717, 1.165) is 30.8 Å². The highest BCUT2D eigenvalue weighted by atomic mass is 16.5. The van der Waals surface area contributed by atoms with Crippen molar-refractivity contribution in [2.45, 2.75) is 63.3 Å². The lowest BCUT2D eigenvalue weighted by molar-refractivity contribution is 0.153. The lowest BCUT2D eigenvalue weighted by Gasteiger charge is -2.32. The number of likely N-dealkylation sites (tertiary alicyclic amines) is 1. The summed E-state index contributed by atoms with van der Waals surface area (Å²) in [6.07, 6.45) is 9.63. The Balaban J connectivity index is 1.46. The van der Waals surface area contributed by atoms with E-state index >= 15 is 0 Å². The predicted molar refractivity (Wildman–Crippen MR) is 104 cm³/mol. The average Bonchev–Trinajstić information content (AvgIpc) is 3.18. The van der Waals surface area contributed by atoms with Crippen molar-refractivity contribution in [3.63, 3.8) is 0 Å². The second-order valence-corrected chi connectivity index (χ2v) is 7.92. The Morgan fingerprint density at radius 2 is 1.92 bits per heavy atom. The summed E-state index contributed by atoms with van der Waals surface area (Å²) < 4.78 is 12.1. The molecule has 0 bridgehead atoms. The summed E-state index contributed by atoms with van der Waals surface area (Å²) >= 11 is 0. The van der Waals surface area contributed by atoms with Crippen LogP contribution in [0.25, 0.3) is 11.0 Å². The molecule has 140 valence electrons. The Hall–Kier alpha value is -1.81. The van der Waals surface area contributed by atoms with Crippen LogP contribution in [0.2, 0.25) is 0 Å². The number of hydrogen-bond acceptors (Lipinski definition) is 4. The minimum Gasteiger partial charge on any atom is -0.493 e. The Kier molecular flexibility index (Phi) is 5.30. The maximum atomic E-state index is 12.4. The Morgan fingerprint density at radius 3 is 2.73 bits per heavy atom. The number of fused-ring (bicyclic) bond motifs is 1. The van der Waals surface area contributed by atoms with Gasteiger partial charge in [-0.05, 0) is 57.8 Å². The third kappa shape index (κ3) is 3.80. The summed E-state index contributed by atoms with van der Waals surface area (Å²) in [7, 11) is 2.21. The van der Waals surface area contributed by atoms with Gasteiger partial charge in [0.05, 0.1) is 12.0 Å². The van der Waals surface area contributed by atoms with Crippen LogP contribution in [0.3, 0.4) is 0 Å². The van der Waals surface area contributed by atoms with Crippen LogP contribution < -0.4 is 10.2 Å². The van der Waals surface area contributed by atoms with Gasteiger partial charge in [-0.3, -0.25) is 4.79 Å². The Labute approximate surface area is 155 Å². The smallest absolute Gasteiger partial charge is 0.192 e. The molecule has 0 radical (unpaired) electrons. The van der Waals surface area contributed by atoms with Crippen LogP contribution in [0.1, 0.15) is 63.0 Å². The van der Waals surface area contributed by atoms with Crippen LogP contribution >= 0.6 is 0 Å². The zero-order valence-electron chi connectivity index (χ0n) is 15.7. The van der Waals surface area contributed by atoms with E-state index in [1.165, 1.54) is 38.6 Å². The van der Waals surface area contributed by atoms with E-state index in [4.69, 9.17) is 9.15 Å². The van der Waals surface area contributed by atoms with Crippen LogP contribution in [-0.4, -0.2) is 31.1 Å². The molecule has 0 N–H and O–H groups in total. The highest BCUT2D eigenvalue weighted by Gasteiger charge is 2.21. The number of rotatable bonds is 5. The van der Waals surface area contributed by atoms with Crippen LogP contribution in [0, 0.1) is 0 Å². The first-order valence-corrected chi connectivity index (χ1v) is 10.1. The predicted octanol–water partition coefficient (Wildman–Crippen LogP) is 4.70. The highest BCUT2D eigenvalue weighted by molar-refractivity contribution is 5.78. The first kappa shape index (κ1) is 17.6. The van der Waals surface area contributed by atoms with Gasteiger partial charge in [0, 0.05) is 24.1 Å². The van der Waals surface area contributed by atoms with Crippen molar-refractivity contribution in [1.29, 1.82) is 0 Å². The number of ether oxygens (including phenoxy) is 1. The minimum absolute atomic E-state index is 0.0588. The van der Waals surface area contributed by atoms with Crippen LogP contribution in [0.15, 0.2) is 33.5 Å². The summed E-state index contributed by atoms with van der Waals surface area (Å²) in [5, 5.41) is 0.645. The van der Waals surface area contributed by atoms with Gasteiger partial charge in [-0.1, -0.05) is 19.3 Å². The molecule has 1 atom stereocenters. The summed E-state index contributed by atoms with van der Waals surface area (Å²) in [6.45, 7) is 1.89. The van der Waals surface area contributed by atoms with E-state index in [1.807, 2.05) is 18.2 Å². The SMILES string of the molecule is CN1CCCCC1CCOc1ccc2c(=O)cc(C3CCCC3)oc2c1. The molecule has 1 aromatic heterocycles. The van der Waals surface area contributed by atoms with Gasteiger partial charge < -0.3 is 14.1 Å². The first-order valence-electron chi connectivity index (χ1n) is 10.1. The van der Waals surface area contributed by atoms with E-state index in [0.29, 0.717) is 29.5 Å². The molecule has 1 saturated heterocycles. The molecule has 2 fully saturated rings. The van der Waals surface area contributed by atoms with Crippen molar-refractivity contribution < 1.29 is 9.15 Å². The fourth-order valence-electron chi connectivity index (χ4n) is 4.48. The molecule has 26 heavy (non-hydrogen) atoms. The van der Waals surface area contributed by atoms with Crippen LogP contribution in [-0.2, 0) is 0 Å². The fraction of sp³-hybridized carbons (Fsp3) is 0.591. The standard InChI is InChI=1S/C22H29NO3/c1-23-12-5-4-8-17(23)11-13-25-18-9-10-19-20(24)15-21(26-22(19)14-18)16-6-2-3-7-16/h9-10,14-17H,2-8,11-13H2,1H3. The van der Waals surface area contributed by atoms with Crippen molar-refractivity contribution in [3.8, 4) is 5.75 Å². The molecule has 1 aliphatic heterocycles. The normalized spacial score (nSPS) is 22.1. The molecule has 1 unspecified atom stereocenters. The molecule has 0 amide bonds. The zero-order valence-corrected chi connectivity index (χ0v) is 15.7. The van der Waals surface area contributed by atoms with Gasteiger partial charge in [0.15, 0.2) is 5.43 Å². The number of benzene rings is 1. The molecule has 2 heterocycles. The van der Waals surface area contributed by atoms with Gasteiger partial charge in [-0.15, -0.1) is 0 Å². The molecule has 1 aliphatic carbocycles. The van der Waals surface area contributed by atoms with Crippen molar-refractivity contribution >= 4 is 11.0 Å². The molecule has 4 rings (SSSR count). The van der Waals surface area contributed by atoms with Crippen molar-refractivity contribution in [3.05, 3.63) is 40.2 Å². The molecular weight excluding hydrogens is 326 g/mol. The molecule has 1 saturated carbocycles. The van der Waals surface area contributed by atoms with E-state index in [1.54, 1.807) is 6.07 Å². The number of nitrogens with zero attached hydrogens (tertiary/aromatic N) is 1. The molecule has 4 heteroatoms. The summed E-state index contributed by atoms with van der Waals surface area (Å²) in [5.74, 6) is 2.04. The molecule has 2 aliphatic rings. The van der Waals surface area contributed by atoms with E-state index in [9.17, 15) is 4.79 Å². The van der Waals surface area contributed by atoms with Crippen LogP contribution in [0.5, 0.6) is 5.75 Å². The monoisotopic (exact) mass is 355 g/mol. The molecule has 1 aromatic carbocycles. The topological polar surface area (TPSA) is 42.7 Å². The number of hydrogen-bond donors (Lipinski definition) is 0. The molecule has 4 nitrogen and oxygen atoms in total. The lowest BCUT2D eigenvalue weighted by atomic mass is 10.0. The fourth-order valence-corrected chi connectivity index (χ4v) is 4.48. The van der Waals surface area contributed by atoms with Crippen molar-refractivity contribution in [2.75, 3.05) is 20.2 Å². The first-order chi connectivity index (χ1) is 12.7. The third-order valence-electron chi connectivity index (χ3n) is 6.12. The highest BCUT2D eigenvalue weighted by Crippen LogP contribution is 2.34. The molecule has 2 aromatic rings. The van der Waals surface area contributed by atoms with E-state index < -0.39 is 0 Å². The summed E-state index contributed by atoms with van der Waals surface area (Å²) in [6, 6.07) is 7.93. The van der Waals surface area contributed by atoms with Gasteiger partial charge >= 0.3 is 0 Å². The van der Waals surface area contributed by atoms with Gasteiger partial charge in [-0.25, -0.2) is 0 Å². The molecular formula is C22H29NO3. The van der Waals surface area contributed by atoms with Gasteiger partial charge in [0.2, 0.25) is 0 Å². The zero-order chi connectivity index (χ0) is 17.9.